The average molecular weight is 317 g/mol. The van der Waals surface area contributed by atoms with Crippen LogP contribution < -0.4 is 5.32 Å². The Morgan fingerprint density at radius 3 is 2.57 bits per heavy atom. The van der Waals surface area contributed by atoms with Gasteiger partial charge in [0.2, 0.25) is 5.91 Å². The van der Waals surface area contributed by atoms with Gasteiger partial charge in [0.1, 0.15) is 0 Å². The van der Waals surface area contributed by atoms with Gasteiger partial charge in [-0.1, -0.05) is 6.92 Å². The number of hydrogen-bond acceptors (Lipinski definition) is 5. The minimum atomic E-state index is -2.97. The molecule has 0 spiro atoms. The molecule has 2 rings (SSSR count). The summed E-state index contributed by atoms with van der Waals surface area (Å²) in [5.41, 5.74) is 0. The Labute approximate surface area is 127 Å². The second-order valence-corrected chi connectivity index (χ2v) is 8.22. The van der Waals surface area contributed by atoms with E-state index >= 15 is 0 Å². The molecular formula is C14H27N3O3S. The second-order valence-electron chi connectivity index (χ2n) is 5.92. The summed E-state index contributed by atoms with van der Waals surface area (Å²) in [5.74, 6) is 0.602. The van der Waals surface area contributed by atoms with Gasteiger partial charge in [-0.2, -0.15) is 0 Å². The van der Waals surface area contributed by atoms with Crippen LogP contribution in [0, 0.1) is 0 Å². The first kappa shape index (κ1) is 16.7. The summed E-state index contributed by atoms with van der Waals surface area (Å²) in [6.07, 6.45) is 2.50. The van der Waals surface area contributed by atoms with E-state index in [0.29, 0.717) is 13.0 Å². The number of hydrogen-bond donors (Lipinski definition) is 1. The van der Waals surface area contributed by atoms with Gasteiger partial charge >= 0.3 is 0 Å². The Bertz CT molecular complexity index is 446. The highest BCUT2D eigenvalue weighted by Crippen LogP contribution is 2.19. The highest BCUT2D eigenvalue weighted by atomic mass is 32.2. The molecule has 122 valence electrons. The number of amides is 1. The van der Waals surface area contributed by atoms with Gasteiger partial charge in [-0.15, -0.1) is 0 Å². The summed E-state index contributed by atoms with van der Waals surface area (Å²) in [4.78, 5) is 16.6. The van der Waals surface area contributed by atoms with Crippen LogP contribution in [0.5, 0.6) is 0 Å². The zero-order valence-electron chi connectivity index (χ0n) is 12.9. The van der Waals surface area contributed by atoms with Crippen molar-refractivity contribution in [2.45, 2.75) is 32.2 Å². The van der Waals surface area contributed by atoms with Crippen LogP contribution >= 0.6 is 0 Å². The number of carbonyl (C=O) groups is 1. The van der Waals surface area contributed by atoms with Crippen molar-refractivity contribution in [1.29, 1.82) is 0 Å². The fraction of sp³-hybridized carbons (Fsp3) is 0.929. The third kappa shape index (κ3) is 4.66. The maximum Gasteiger partial charge on any atom is 0.240 e. The van der Waals surface area contributed by atoms with Crippen molar-refractivity contribution in [3.63, 3.8) is 0 Å². The number of nitrogens with one attached hydrogen (secondary N) is 1. The minimum absolute atomic E-state index is 0.111. The largest absolute Gasteiger partial charge is 0.339 e. The molecule has 21 heavy (non-hydrogen) atoms. The highest BCUT2D eigenvalue weighted by Gasteiger charge is 2.34. The molecule has 1 unspecified atom stereocenters. The van der Waals surface area contributed by atoms with E-state index in [1.807, 2.05) is 11.8 Å². The van der Waals surface area contributed by atoms with Crippen LogP contribution in [0.25, 0.3) is 0 Å². The first-order valence-electron chi connectivity index (χ1n) is 7.97. The molecule has 0 bridgehead atoms. The molecule has 0 aromatic carbocycles. The molecule has 0 saturated carbocycles. The minimum Gasteiger partial charge on any atom is -0.339 e. The molecule has 2 aliphatic heterocycles. The monoisotopic (exact) mass is 317 g/mol. The smallest absolute Gasteiger partial charge is 0.240 e. The van der Waals surface area contributed by atoms with Gasteiger partial charge in [0, 0.05) is 38.5 Å². The molecular weight excluding hydrogens is 290 g/mol. The summed E-state index contributed by atoms with van der Waals surface area (Å²) < 4.78 is 23.7. The predicted octanol–water partition coefficient (Wildman–Crippen LogP) is -0.293. The molecule has 6 nitrogen and oxygen atoms in total. The fourth-order valence-electron chi connectivity index (χ4n) is 3.14. The molecule has 2 fully saturated rings. The number of rotatable bonds is 6. The number of nitrogens with zero attached hydrogens (tertiary/aromatic N) is 2. The van der Waals surface area contributed by atoms with E-state index in [-0.39, 0.29) is 23.5 Å². The van der Waals surface area contributed by atoms with E-state index in [1.165, 1.54) is 0 Å². The van der Waals surface area contributed by atoms with Crippen molar-refractivity contribution >= 4 is 15.7 Å². The number of piperazine rings is 1. The van der Waals surface area contributed by atoms with Crippen LogP contribution in [0.2, 0.25) is 0 Å². The Morgan fingerprint density at radius 2 is 1.90 bits per heavy atom. The van der Waals surface area contributed by atoms with Crippen LogP contribution in [0.3, 0.4) is 0 Å². The number of likely N-dealkylation sites (tertiary alicyclic amines) is 1. The first-order chi connectivity index (χ1) is 10.0. The maximum absolute atomic E-state index is 12.6. The number of sulfone groups is 1. The predicted molar refractivity (Wildman–Crippen MR) is 83.0 cm³/mol. The molecule has 2 aliphatic rings. The average Bonchev–Trinajstić information content (AvgIpc) is 2.94. The van der Waals surface area contributed by atoms with Crippen LogP contribution in [-0.4, -0.2) is 80.9 Å². The van der Waals surface area contributed by atoms with Crippen LogP contribution in [0.15, 0.2) is 0 Å². The van der Waals surface area contributed by atoms with E-state index in [2.05, 4.69) is 10.2 Å². The fourth-order valence-corrected chi connectivity index (χ4v) is 4.48. The van der Waals surface area contributed by atoms with Gasteiger partial charge in [-0.25, -0.2) is 8.42 Å². The highest BCUT2D eigenvalue weighted by molar-refractivity contribution is 7.91. The van der Waals surface area contributed by atoms with Crippen molar-refractivity contribution < 1.29 is 13.2 Å². The number of carbonyl (C=O) groups excluding carboxylic acids is 1. The lowest BCUT2D eigenvalue weighted by atomic mass is 10.2. The Kier molecular flexibility index (Phi) is 6.01. The molecule has 0 aromatic heterocycles. The van der Waals surface area contributed by atoms with Gasteiger partial charge in [0.05, 0.1) is 11.8 Å². The van der Waals surface area contributed by atoms with E-state index in [9.17, 15) is 13.2 Å². The zero-order valence-corrected chi connectivity index (χ0v) is 13.7. The topological polar surface area (TPSA) is 69.7 Å². The molecule has 7 heteroatoms. The van der Waals surface area contributed by atoms with E-state index in [0.717, 1.165) is 45.6 Å². The van der Waals surface area contributed by atoms with Gasteiger partial charge in [-0.05, 0) is 25.8 Å². The SMILES string of the molecule is CCCS(=O)(=O)CCN1CCCC1C(=O)N1CCNCC1. The summed E-state index contributed by atoms with van der Waals surface area (Å²) in [6, 6.07) is -0.111. The van der Waals surface area contributed by atoms with Gasteiger partial charge in [-0.3, -0.25) is 9.69 Å². The van der Waals surface area contributed by atoms with Crippen LogP contribution in [-0.2, 0) is 14.6 Å². The third-order valence-electron chi connectivity index (χ3n) is 4.28. The third-order valence-corrected chi connectivity index (χ3v) is 6.12. The molecule has 0 radical (unpaired) electrons. The van der Waals surface area contributed by atoms with Crippen molar-refractivity contribution in [2.75, 3.05) is 50.8 Å². The van der Waals surface area contributed by atoms with Crippen LogP contribution in [0.1, 0.15) is 26.2 Å². The van der Waals surface area contributed by atoms with Gasteiger partial charge in [0.25, 0.3) is 0 Å². The van der Waals surface area contributed by atoms with Gasteiger partial charge < -0.3 is 10.2 Å². The van der Waals surface area contributed by atoms with E-state index in [4.69, 9.17) is 0 Å². The van der Waals surface area contributed by atoms with E-state index < -0.39 is 9.84 Å². The summed E-state index contributed by atoms with van der Waals surface area (Å²) >= 11 is 0. The molecule has 1 N–H and O–H groups in total. The molecule has 1 atom stereocenters. The van der Waals surface area contributed by atoms with Crippen molar-refractivity contribution in [2.24, 2.45) is 0 Å². The lowest BCUT2D eigenvalue weighted by Crippen LogP contribution is -2.53. The van der Waals surface area contributed by atoms with Crippen LogP contribution in [0.4, 0.5) is 0 Å². The maximum atomic E-state index is 12.6. The Morgan fingerprint density at radius 1 is 1.19 bits per heavy atom. The molecule has 2 heterocycles. The molecule has 1 amide bonds. The van der Waals surface area contributed by atoms with Crippen molar-refractivity contribution in [3.05, 3.63) is 0 Å². The Balaban J connectivity index is 1.89. The molecule has 2 saturated heterocycles. The van der Waals surface area contributed by atoms with Gasteiger partial charge in [0.15, 0.2) is 9.84 Å². The first-order valence-corrected chi connectivity index (χ1v) is 9.79. The normalized spacial score (nSPS) is 24.4. The molecule has 0 aliphatic carbocycles. The Hall–Kier alpha value is -0.660. The zero-order chi connectivity index (χ0) is 15.3. The molecule has 0 aromatic rings. The standard InChI is InChI=1S/C14H27N3O3S/c1-2-11-21(19,20)12-10-16-7-3-4-13(16)14(18)17-8-5-15-6-9-17/h13,15H,2-12H2,1H3. The van der Waals surface area contributed by atoms with Crippen molar-refractivity contribution in [3.8, 4) is 0 Å². The lowest BCUT2D eigenvalue weighted by Gasteiger charge is -2.32. The second kappa shape index (κ2) is 7.56. The summed E-state index contributed by atoms with van der Waals surface area (Å²) in [6.45, 7) is 6.43. The summed E-state index contributed by atoms with van der Waals surface area (Å²) in [5, 5.41) is 3.24. The quantitative estimate of drug-likeness (QED) is 0.729. The summed E-state index contributed by atoms with van der Waals surface area (Å²) in [7, 11) is -2.97. The van der Waals surface area contributed by atoms with Crippen molar-refractivity contribution in [1.82, 2.24) is 15.1 Å². The van der Waals surface area contributed by atoms with E-state index in [1.54, 1.807) is 0 Å². The lowest BCUT2D eigenvalue weighted by molar-refractivity contribution is -0.136.